The number of allylic oxidation sites excluding steroid dienone is 1. The summed E-state index contributed by atoms with van der Waals surface area (Å²) in [5, 5.41) is 10.9. The molecule has 0 unspecified atom stereocenters. The Bertz CT molecular complexity index is 1710. The molecule has 3 N–H and O–H groups in total. The number of rotatable bonds is 6. The predicted octanol–water partition coefficient (Wildman–Crippen LogP) is 5.60. The van der Waals surface area contributed by atoms with E-state index in [0.717, 1.165) is 50.4 Å². The van der Waals surface area contributed by atoms with Crippen molar-refractivity contribution in [3.8, 4) is 34.0 Å². The first kappa shape index (κ1) is 21.6. The highest BCUT2D eigenvalue weighted by Gasteiger charge is 2.17. The van der Waals surface area contributed by atoms with Crippen molar-refractivity contribution in [3.63, 3.8) is 0 Å². The summed E-state index contributed by atoms with van der Waals surface area (Å²) in [6, 6.07) is 11.7. The van der Waals surface area contributed by atoms with E-state index in [4.69, 9.17) is 9.97 Å². The topological polar surface area (TPSA) is 121 Å². The van der Waals surface area contributed by atoms with E-state index in [1.807, 2.05) is 36.4 Å². The summed E-state index contributed by atoms with van der Waals surface area (Å²) in [5.74, 6) is 0.926. The number of hydrogen-bond donors (Lipinski definition) is 3. The molecule has 176 valence electrons. The molecule has 0 aliphatic rings. The standard InChI is InChI=1S/C27H23N9/c1-15(2)16(3)31-19-11-18(13-29-14-19)20-6-7-22-25(32-20)26(36-35-22)27-33-21-8-10-30-23(24(21)34-27)17-5-4-9-28-12-17/h4-15,31H,3H2,1-2H3,(H,33,34)(H,35,36). The Kier molecular flexibility index (Phi) is 5.22. The molecule has 0 saturated heterocycles. The van der Waals surface area contributed by atoms with Crippen molar-refractivity contribution in [3.05, 3.63) is 79.7 Å². The van der Waals surface area contributed by atoms with Crippen LogP contribution in [0.5, 0.6) is 0 Å². The van der Waals surface area contributed by atoms with Crippen molar-refractivity contribution in [2.24, 2.45) is 5.92 Å². The lowest BCUT2D eigenvalue weighted by molar-refractivity contribution is 0.778. The van der Waals surface area contributed by atoms with E-state index in [-0.39, 0.29) is 0 Å². The molecular weight excluding hydrogens is 450 g/mol. The van der Waals surface area contributed by atoms with Gasteiger partial charge < -0.3 is 10.3 Å². The zero-order valence-corrected chi connectivity index (χ0v) is 19.8. The van der Waals surface area contributed by atoms with Crippen molar-refractivity contribution in [1.82, 2.24) is 40.1 Å². The summed E-state index contributed by atoms with van der Waals surface area (Å²) >= 11 is 0. The van der Waals surface area contributed by atoms with E-state index < -0.39 is 0 Å². The fourth-order valence-corrected chi connectivity index (χ4v) is 3.96. The number of imidazole rings is 1. The molecule has 0 amide bonds. The molecule has 6 rings (SSSR count). The Morgan fingerprint density at radius 1 is 0.889 bits per heavy atom. The van der Waals surface area contributed by atoms with Crippen molar-refractivity contribution < 1.29 is 0 Å². The second kappa shape index (κ2) is 8.70. The number of pyridine rings is 4. The number of aromatic nitrogens is 8. The normalized spacial score (nSPS) is 11.4. The maximum Gasteiger partial charge on any atom is 0.161 e. The minimum absolute atomic E-state index is 0.314. The van der Waals surface area contributed by atoms with Gasteiger partial charge in [-0.3, -0.25) is 20.1 Å². The van der Waals surface area contributed by atoms with Gasteiger partial charge in [-0.25, -0.2) is 9.97 Å². The molecule has 6 heterocycles. The predicted molar refractivity (Wildman–Crippen MR) is 141 cm³/mol. The van der Waals surface area contributed by atoms with Crippen LogP contribution < -0.4 is 5.32 Å². The SMILES string of the molecule is C=C(Nc1cncc(-c2ccc3[nH]nc(-c4nc5c(-c6cccnc6)nccc5[nH]4)c3n2)c1)C(C)C. The summed E-state index contributed by atoms with van der Waals surface area (Å²) in [7, 11) is 0. The number of nitrogens with zero attached hydrogens (tertiary/aromatic N) is 6. The van der Waals surface area contributed by atoms with Crippen molar-refractivity contribution >= 4 is 27.8 Å². The fourth-order valence-electron chi connectivity index (χ4n) is 3.96. The third-order valence-corrected chi connectivity index (χ3v) is 6.00. The molecule has 9 heteroatoms. The Hall–Kier alpha value is -4.92. The zero-order chi connectivity index (χ0) is 24.6. The van der Waals surface area contributed by atoms with Gasteiger partial charge in [-0.15, -0.1) is 0 Å². The number of hydrogen-bond acceptors (Lipinski definition) is 7. The fraction of sp³-hybridized carbons (Fsp3) is 0.111. The quantitative estimate of drug-likeness (QED) is 0.288. The first-order chi connectivity index (χ1) is 17.6. The summed E-state index contributed by atoms with van der Waals surface area (Å²) in [4.78, 5) is 26.3. The lowest BCUT2D eigenvalue weighted by Crippen LogP contribution is -2.04. The molecule has 6 aromatic heterocycles. The first-order valence-electron chi connectivity index (χ1n) is 11.6. The smallest absolute Gasteiger partial charge is 0.161 e. The van der Waals surface area contributed by atoms with Gasteiger partial charge in [0.15, 0.2) is 11.5 Å². The van der Waals surface area contributed by atoms with Crippen LogP contribution in [0.2, 0.25) is 0 Å². The van der Waals surface area contributed by atoms with Crippen LogP contribution in [0.1, 0.15) is 13.8 Å². The van der Waals surface area contributed by atoms with E-state index in [1.165, 1.54) is 0 Å². The largest absolute Gasteiger partial charge is 0.358 e. The molecule has 0 atom stereocenters. The van der Waals surface area contributed by atoms with Gasteiger partial charge in [0.25, 0.3) is 0 Å². The lowest BCUT2D eigenvalue weighted by atomic mass is 10.1. The Balaban J connectivity index is 1.41. The highest BCUT2D eigenvalue weighted by Crippen LogP contribution is 2.31. The molecule has 36 heavy (non-hydrogen) atoms. The summed E-state index contributed by atoms with van der Waals surface area (Å²) in [5.41, 5.74) is 8.90. The highest BCUT2D eigenvalue weighted by atomic mass is 15.2. The average molecular weight is 474 g/mol. The van der Waals surface area contributed by atoms with Gasteiger partial charge in [0.2, 0.25) is 0 Å². The van der Waals surface area contributed by atoms with E-state index in [9.17, 15) is 0 Å². The third kappa shape index (κ3) is 3.86. The maximum atomic E-state index is 4.92. The lowest BCUT2D eigenvalue weighted by Gasteiger charge is -2.13. The van der Waals surface area contributed by atoms with Crippen LogP contribution in [0.4, 0.5) is 5.69 Å². The molecule has 9 nitrogen and oxygen atoms in total. The first-order valence-corrected chi connectivity index (χ1v) is 11.6. The van der Waals surface area contributed by atoms with E-state index in [0.29, 0.717) is 23.0 Å². The average Bonchev–Trinajstić information content (AvgIpc) is 3.53. The summed E-state index contributed by atoms with van der Waals surface area (Å²) < 4.78 is 0. The molecule has 0 aliphatic carbocycles. The second-order valence-corrected chi connectivity index (χ2v) is 8.81. The minimum atomic E-state index is 0.314. The number of aromatic amines is 2. The van der Waals surface area contributed by atoms with Gasteiger partial charge in [0.05, 0.1) is 34.3 Å². The third-order valence-electron chi connectivity index (χ3n) is 6.00. The maximum absolute atomic E-state index is 4.92. The Morgan fingerprint density at radius 2 is 1.75 bits per heavy atom. The van der Waals surface area contributed by atoms with Crippen LogP contribution in [-0.2, 0) is 0 Å². The van der Waals surface area contributed by atoms with Gasteiger partial charge in [-0.1, -0.05) is 20.4 Å². The molecule has 0 bridgehead atoms. The summed E-state index contributed by atoms with van der Waals surface area (Å²) in [6.45, 7) is 8.28. The molecule has 6 aromatic rings. The van der Waals surface area contributed by atoms with Gasteiger partial charge in [0.1, 0.15) is 11.0 Å². The molecule has 0 fully saturated rings. The van der Waals surface area contributed by atoms with Crippen LogP contribution in [0, 0.1) is 5.92 Å². The Labute approximate surface area is 206 Å². The van der Waals surface area contributed by atoms with Gasteiger partial charge in [0, 0.05) is 41.6 Å². The van der Waals surface area contributed by atoms with Gasteiger partial charge in [-0.2, -0.15) is 5.10 Å². The van der Waals surface area contributed by atoms with Crippen LogP contribution >= 0.6 is 0 Å². The van der Waals surface area contributed by atoms with Crippen molar-refractivity contribution in [1.29, 1.82) is 0 Å². The zero-order valence-electron chi connectivity index (χ0n) is 19.8. The second-order valence-electron chi connectivity index (χ2n) is 8.81. The van der Waals surface area contributed by atoms with Crippen LogP contribution in [0.15, 0.2) is 79.7 Å². The van der Waals surface area contributed by atoms with E-state index >= 15 is 0 Å². The van der Waals surface area contributed by atoms with Crippen LogP contribution in [0.3, 0.4) is 0 Å². The van der Waals surface area contributed by atoms with Gasteiger partial charge >= 0.3 is 0 Å². The number of nitrogens with one attached hydrogen (secondary N) is 3. The molecule has 0 spiro atoms. The van der Waals surface area contributed by atoms with Gasteiger partial charge in [-0.05, 0) is 42.3 Å². The van der Waals surface area contributed by atoms with Crippen LogP contribution in [0.25, 0.3) is 56.1 Å². The van der Waals surface area contributed by atoms with Crippen molar-refractivity contribution in [2.75, 3.05) is 5.32 Å². The molecule has 0 aromatic carbocycles. The Morgan fingerprint density at radius 3 is 2.58 bits per heavy atom. The minimum Gasteiger partial charge on any atom is -0.358 e. The van der Waals surface area contributed by atoms with Crippen LogP contribution in [-0.4, -0.2) is 40.1 Å². The number of anilines is 1. The highest BCUT2D eigenvalue weighted by molar-refractivity contribution is 5.95. The number of fused-ring (bicyclic) bond motifs is 2. The van der Waals surface area contributed by atoms with E-state index in [1.54, 1.807) is 31.0 Å². The monoisotopic (exact) mass is 473 g/mol. The molecule has 0 saturated carbocycles. The van der Waals surface area contributed by atoms with E-state index in [2.05, 4.69) is 55.9 Å². The van der Waals surface area contributed by atoms with Crippen molar-refractivity contribution in [2.45, 2.75) is 13.8 Å². The molecule has 0 radical (unpaired) electrons. The molecular formula is C27H23N9. The molecule has 0 aliphatic heterocycles. The summed E-state index contributed by atoms with van der Waals surface area (Å²) in [6.07, 6.45) is 8.85. The number of H-pyrrole nitrogens is 2.